The molecule has 0 aromatic heterocycles. The van der Waals surface area contributed by atoms with Gasteiger partial charge in [-0.1, -0.05) is 13.8 Å². The Kier molecular flexibility index (Phi) is 4.11. The quantitative estimate of drug-likeness (QED) is 0.690. The first-order valence-electron chi connectivity index (χ1n) is 5.47. The van der Waals surface area contributed by atoms with Gasteiger partial charge in [-0.25, -0.2) is 0 Å². The van der Waals surface area contributed by atoms with Crippen molar-refractivity contribution in [3.8, 4) is 0 Å². The molecule has 0 saturated carbocycles. The van der Waals surface area contributed by atoms with Gasteiger partial charge in [0.05, 0.1) is 0 Å². The predicted molar refractivity (Wildman–Crippen MR) is 62.5 cm³/mol. The molecular formula is C11H23NS. The van der Waals surface area contributed by atoms with E-state index in [1.54, 1.807) is 0 Å². The van der Waals surface area contributed by atoms with Gasteiger partial charge in [-0.3, -0.25) is 4.90 Å². The van der Waals surface area contributed by atoms with Gasteiger partial charge in [-0.2, -0.15) is 11.8 Å². The van der Waals surface area contributed by atoms with Crippen LogP contribution in [0.2, 0.25) is 0 Å². The van der Waals surface area contributed by atoms with Crippen molar-refractivity contribution in [1.29, 1.82) is 0 Å². The Bertz CT molecular complexity index is 152. The molecule has 0 spiro atoms. The lowest BCUT2D eigenvalue weighted by molar-refractivity contribution is 0.177. The summed E-state index contributed by atoms with van der Waals surface area (Å²) in [6.07, 6.45) is 2.61. The lowest BCUT2D eigenvalue weighted by atomic mass is 10.1. The van der Waals surface area contributed by atoms with Crippen LogP contribution >= 0.6 is 11.8 Å². The van der Waals surface area contributed by atoms with Gasteiger partial charge in [0.15, 0.2) is 0 Å². The molecule has 1 fully saturated rings. The van der Waals surface area contributed by atoms with Crippen LogP contribution in [-0.2, 0) is 0 Å². The van der Waals surface area contributed by atoms with E-state index in [9.17, 15) is 0 Å². The van der Waals surface area contributed by atoms with Crippen LogP contribution in [0.25, 0.3) is 0 Å². The summed E-state index contributed by atoms with van der Waals surface area (Å²) >= 11 is 2.12. The zero-order valence-electron chi connectivity index (χ0n) is 9.47. The maximum absolute atomic E-state index is 2.68. The van der Waals surface area contributed by atoms with Gasteiger partial charge in [0, 0.05) is 29.6 Å². The van der Waals surface area contributed by atoms with Crippen molar-refractivity contribution in [3.63, 3.8) is 0 Å². The van der Waals surface area contributed by atoms with Crippen LogP contribution < -0.4 is 0 Å². The van der Waals surface area contributed by atoms with Crippen molar-refractivity contribution >= 4 is 11.8 Å². The second-order valence-corrected chi connectivity index (χ2v) is 6.35. The summed E-state index contributed by atoms with van der Waals surface area (Å²) in [6, 6.07) is 0.820. The third-order valence-electron chi connectivity index (χ3n) is 2.91. The van der Waals surface area contributed by atoms with Crippen LogP contribution in [-0.4, -0.2) is 34.5 Å². The van der Waals surface area contributed by atoms with E-state index in [0.717, 1.165) is 6.04 Å². The molecule has 0 radical (unpaired) electrons. The van der Waals surface area contributed by atoms with Crippen LogP contribution in [0.5, 0.6) is 0 Å². The first kappa shape index (κ1) is 11.4. The lowest BCUT2D eigenvalue weighted by Gasteiger charge is -2.41. The topological polar surface area (TPSA) is 3.24 Å². The second-order valence-electron chi connectivity index (χ2n) is 4.55. The molecule has 0 atom stereocenters. The number of thioether (sulfide) groups is 1. The molecule has 0 amide bonds. The number of hydrogen-bond donors (Lipinski definition) is 0. The Morgan fingerprint density at radius 1 is 1.31 bits per heavy atom. The van der Waals surface area contributed by atoms with E-state index in [1.807, 2.05) is 0 Å². The van der Waals surface area contributed by atoms with Crippen molar-refractivity contribution in [2.75, 3.05) is 18.8 Å². The first-order valence-corrected chi connectivity index (χ1v) is 6.45. The average molecular weight is 201 g/mol. The molecule has 0 unspecified atom stereocenters. The van der Waals surface area contributed by atoms with Gasteiger partial charge in [0.2, 0.25) is 0 Å². The third-order valence-corrected chi connectivity index (χ3v) is 4.21. The molecule has 0 aliphatic carbocycles. The minimum absolute atomic E-state index is 0.473. The first-order chi connectivity index (χ1) is 6.09. The zero-order chi connectivity index (χ0) is 9.90. The summed E-state index contributed by atoms with van der Waals surface area (Å²) in [5.41, 5.74) is 0. The molecule has 2 heteroatoms. The van der Waals surface area contributed by atoms with Gasteiger partial charge in [-0.05, 0) is 26.7 Å². The maximum Gasteiger partial charge on any atom is 0.0231 e. The standard InChI is InChI=1S/C11H23NS/c1-5-10(6-2)12-7-8-13-11(3,4)9-12/h10H,5-9H2,1-4H3. The normalized spacial score (nSPS) is 23.8. The maximum atomic E-state index is 2.68. The summed E-state index contributed by atoms with van der Waals surface area (Å²) in [4.78, 5) is 2.68. The van der Waals surface area contributed by atoms with E-state index in [1.165, 1.54) is 31.7 Å². The van der Waals surface area contributed by atoms with Crippen LogP contribution in [0.4, 0.5) is 0 Å². The number of hydrogen-bond acceptors (Lipinski definition) is 2. The Balaban J connectivity index is 2.50. The summed E-state index contributed by atoms with van der Waals surface area (Å²) < 4.78 is 0.473. The van der Waals surface area contributed by atoms with E-state index in [0.29, 0.717) is 4.75 Å². The molecule has 1 aliphatic rings. The molecular weight excluding hydrogens is 178 g/mol. The largest absolute Gasteiger partial charge is 0.298 e. The minimum Gasteiger partial charge on any atom is -0.298 e. The summed E-state index contributed by atoms with van der Waals surface area (Å²) in [6.45, 7) is 11.9. The van der Waals surface area contributed by atoms with Crippen molar-refractivity contribution < 1.29 is 0 Å². The Morgan fingerprint density at radius 3 is 2.38 bits per heavy atom. The molecule has 1 aliphatic heterocycles. The molecule has 78 valence electrons. The van der Waals surface area contributed by atoms with Crippen molar-refractivity contribution in [3.05, 3.63) is 0 Å². The molecule has 13 heavy (non-hydrogen) atoms. The van der Waals surface area contributed by atoms with Gasteiger partial charge >= 0.3 is 0 Å². The molecule has 1 nitrogen and oxygen atoms in total. The molecule has 0 N–H and O–H groups in total. The molecule has 0 bridgehead atoms. The van der Waals surface area contributed by atoms with E-state index in [2.05, 4.69) is 44.4 Å². The van der Waals surface area contributed by atoms with E-state index >= 15 is 0 Å². The monoisotopic (exact) mass is 201 g/mol. The van der Waals surface area contributed by atoms with Crippen LogP contribution in [0.3, 0.4) is 0 Å². The second kappa shape index (κ2) is 4.70. The number of rotatable bonds is 3. The van der Waals surface area contributed by atoms with Gasteiger partial charge < -0.3 is 0 Å². The summed E-state index contributed by atoms with van der Waals surface area (Å²) in [5, 5.41) is 0. The Hall–Kier alpha value is 0.310. The summed E-state index contributed by atoms with van der Waals surface area (Å²) in [5.74, 6) is 1.31. The van der Waals surface area contributed by atoms with E-state index in [-0.39, 0.29) is 0 Å². The highest BCUT2D eigenvalue weighted by Gasteiger charge is 2.29. The highest BCUT2D eigenvalue weighted by Crippen LogP contribution is 2.31. The van der Waals surface area contributed by atoms with Crippen molar-refractivity contribution in [2.45, 2.75) is 51.3 Å². The Labute approximate surface area is 87.3 Å². The fourth-order valence-electron chi connectivity index (χ4n) is 2.17. The van der Waals surface area contributed by atoms with Crippen molar-refractivity contribution in [2.24, 2.45) is 0 Å². The fraction of sp³-hybridized carbons (Fsp3) is 1.00. The van der Waals surface area contributed by atoms with Crippen molar-refractivity contribution in [1.82, 2.24) is 4.90 Å². The van der Waals surface area contributed by atoms with Crippen LogP contribution in [0.15, 0.2) is 0 Å². The molecule has 1 rings (SSSR count). The molecule has 1 saturated heterocycles. The van der Waals surface area contributed by atoms with Crippen LogP contribution in [0.1, 0.15) is 40.5 Å². The van der Waals surface area contributed by atoms with Gasteiger partial charge in [0.25, 0.3) is 0 Å². The van der Waals surface area contributed by atoms with Gasteiger partial charge in [0.1, 0.15) is 0 Å². The number of nitrogens with zero attached hydrogens (tertiary/aromatic N) is 1. The Morgan fingerprint density at radius 2 is 1.92 bits per heavy atom. The minimum atomic E-state index is 0.473. The third kappa shape index (κ3) is 3.17. The zero-order valence-corrected chi connectivity index (χ0v) is 10.3. The SMILES string of the molecule is CCC(CC)N1CCSC(C)(C)C1. The molecule has 0 aromatic rings. The van der Waals surface area contributed by atoms with Gasteiger partial charge in [-0.15, -0.1) is 0 Å². The summed E-state index contributed by atoms with van der Waals surface area (Å²) in [7, 11) is 0. The van der Waals surface area contributed by atoms with E-state index in [4.69, 9.17) is 0 Å². The van der Waals surface area contributed by atoms with E-state index < -0.39 is 0 Å². The average Bonchev–Trinajstić information content (AvgIpc) is 2.05. The smallest absolute Gasteiger partial charge is 0.0231 e. The highest BCUT2D eigenvalue weighted by atomic mass is 32.2. The van der Waals surface area contributed by atoms with Crippen LogP contribution in [0, 0.1) is 0 Å². The molecule has 0 aromatic carbocycles. The predicted octanol–water partition coefficient (Wildman–Crippen LogP) is 3.00. The fourth-order valence-corrected chi connectivity index (χ4v) is 3.31. The lowest BCUT2D eigenvalue weighted by Crippen LogP contribution is -2.47. The molecule has 1 heterocycles. The highest BCUT2D eigenvalue weighted by molar-refractivity contribution is 8.00.